The molecular formula is C5H6BrNO2S. The molecule has 1 aromatic heterocycles. The van der Waals surface area contributed by atoms with E-state index < -0.39 is 0 Å². The smallest absolute Gasteiger partial charge is 0.305 e. The van der Waals surface area contributed by atoms with Crippen molar-refractivity contribution in [1.82, 2.24) is 4.98 Å². The second-order valence-electron chi connectivity index (χ2n) is 1.71. The zero-order valence-electron chi connectivity index (χ0n) is 5.06. The Balaban J connectivity index is 3.08. The minimum absolute atomic E-state index is 0.0651. The van der Waals surface area contributed by atoms with Gasteiger partial charge in [0.25, 0.3) is 0 Å². The molecule has 0 aromatic carbocycles. The van der Waals surface area contributed by atoms with Crippen molar-refractivity contribution < 1.29 is 5.11 Å². The van der Waals surface area contributed by atoms with Crippen molar-refractivity contribution >= 4 is 27.3 Å². The molecule has 1 heterocycles. The highest BCUT2D eigenvalue weighted by atomic mass is 79.9. The first-order chi connectivity index (χ1) is 4.77. The van der Waals surface area contributed by atoms with E-state index in [2.05, 4.69) is 20.9 Å². The molecule has 0 radical (unpaired) electrons. The zero-order valence-corrected chi connectivity index (χ0v) is 7.46. The van der Waals surface area contributed by atoms with E-state index in [4.69, 9.17) is 5.11 Å². The van der Waals surface area contributed by atoms with Crippen LogP contribution >= 0.6 is 27.3 Å². The molecule has 10 heavy (non-hydrogen) atoms. The first-order valence-corrected chi connectivity index (χ1v) is 4.59. The molecular weight excluding hydrogens is 218 g/mol. The van der Waals surface area contributed by atoms with Gasteiger partial charge in [-0.05, 0) is 0 Å². The van der Waals surface area contributed by atoms with Gasteiger partial charge in [0.15, 0.2) is 0 Å². The summed E-state index contributed by atoms with van der Waals surface area (Å²) in [4.78, 5) is 13.9. The Morgan fingerprint density at radius 1 is 1.70 bits per heavy atom. The van der Waals surface area contributed by atoms with Gasteiger partial charge in [0.05, 0.1) is 11.5 Å². The van der Waals surface area contributed by atoms with Crippen LogP contribution in [0.1, 0.15) is 10.6 Å². The molecule has 0 aliphatic rings. The van der Waals surface area contributed by atoms with E-state index in [0.29, 0.717) is 10.2 Å². The Morgan fingerprint density at radius 3 is 2.80 bits per heavy atom. The van der Waals surface area contributed by atoms with E-state index in [-0.39, 0.29) is 11.5 Å². The van der Waals surface area contributed by atoms with E-state index in [1.165, 1.54) is 0 Å². The molecule has 0 spiro atoms. The molecule has 0 unspecified atom stereocenters. The summed E-state index contributed by atoms with van der Waals surface area (Å²) < 4.78 is 0. The second kappa shape index (κ2) is 3.32. The van der Waals surface area contributed by atoms with E-state index >= 15 is 0 Å². The summed E-state index contributed by atoms with van der Waals surface area (Å²) in [7, 11) is 0. The third kappa shape index (κ3) is 1.47. The van der Waals surface area contributed by atoms with Crippen LogP contribution in [0.3, 0.4) is 0 Å². The van der Waals surface area contributed by atoms with Crippen LogP contribution < -0.4 is 4.87 Å². The Morgan fingerprint density at radius 2 is 2.40 bits per heavy atom. The topological polar surface area (TPSA) is 53.1 Å². The predicted molar refractivity (Wildman–Crippen MR) is 43.5 cm³/mol. The normalized spacial score (nSPS) is 10.2. The highest BCUT2D eigenvalue weighted by molar-refractivity contribution is 9.08. The number of aromatic nitrogens is 1. The van der Waals surface area contributed by atoms with Gasteiger partial charge in [0, 0.05) is 11.0 Å². The molecule has 3 nitrogen and oxygen atoms in total. The van der Waals surface area contributed by atoms with E-state index in [9.17, 15) is 4.79 Å². The monoisotopic (exact) mass is 223 g/mol. The van der Waals surface area contributed by atoms with E-state index in [1.54, 1.807) is 0 Å². The fourth-order valence-corrected chi connectivity index (χ4v) is 2.00. The molecule has 1 aromatic rings. The van der Waals surface area contributed by atoms with Crippen LogP contribution in [0.25, 0.3) is 0 Å². The molecule has 0 fully saturated rings. The number of H-pyrrole nitrogens is 1. The number of nitrogens with one attached hydrogen (secondary N) is 1. The van der Waals surface area contributed by atoms with Gasteiger partial charge in [-0.25, -0.2) is 0 Å². The molecule has 1 rings (SSSR count). The van der Waals surface area contributed by atoms with Gasteiger partial charge in [-0.15, -0.1) is 0 Å². The summed E-state index contributed by atoms with van der Waals surface area (Å²) in [5, 5.41) is 9.28. The van der Waals surface area contributed by atoms with Gasteiger partial charge in [-0.2, -0.15) is 0 Å². The highest BCUT2D eigenvalue weighted by Crippen LogP contribution is 2.11. The van der Waals surface area contributed by atoms with Gasteiger partial charge < -0.3 is 10.1 Å². The van der Waals surface area contributed by atoms with Crippen LogP contribution in [0.5, 0.6) is 0 Å². The van der Waals surface area contributed by atoms with Gasteiger partial charge in [-0.3, -0.25) is 4.79 Å². The molecule has 0 amide bonds. The summed E-state index contributed by atoms with van der Waals surface area (Å²) in [6.45, 7) is -0.0651. The van der Waals surface area contributed by atoms with Crippen molar-refractivity contribution in [2.75, 3.05) is 0 Å². The van der Waals surface area contributed by atoms with Gasteiger partial charge in [0.2, 0.25) is 0 Å². The summed E-state index contributed by atoms with van der Waals surface area (Å²) in [5.41, 5.74) is 0.775. The van der Waals surface area contributed by atoms with Gasteiger partial charge in [-0.1, -0.05) is 27.3 Å². The van der Waals surface area contributed by atoms with Crippen molar-refractivity contribution in [1.29, 1.82) is 0 Å². The average molecular weight is 224 g/mol. The fourth-order valence-electron chi connectivity index (χ4n) is 0.628. The standard InChI is InChI=1S/C5H6BrNO2S/c6-1-3-4(2-8)10-5(9)7-3/h8H,1-2H2,(H,7,9). The molecule has 0 aliphatic heterocycles. The maximum atomic E-state index is 10.7. The van der Waals surface area contributed by atoms with Crippen LogP contribution in [-0.4, -0.2) is 10.1 Å². The predicted octanol–water partition coefficient (Wildman–Crippen LogP) is 0.824. The van der Waals surface area contributed by atoms with Crippen molar-refractivity contribution in [2.24, 2.45) is 0 Å². The van der Waals surface area contributed by atoms with E-state index in [1.807, 2.05) is 0 Å². The van der Waals surface area contributed by atoms with Crippen LogP contribution in [0.2, 0.25) is 0 Å². The van der Waals surface area contributed by atoms with Crippen molar-refractivity contribution in [3.63, 3.8) is 0 Å². The number of alkyl halides is 1. The number of aliphatic hydroxyl groups excluding tert-OH is 1. The number of rotatable bonds is 2. The third-order valence-electron chi connectivity index (χ3n) is 1.08. The van der Waals surface area contributed by atoms with Gasteiger partial charge >= 0.3 is 4.87 Å². The molecule has 0 atom stereocenters. The molecule has 0 saturated carbocycles. The Kier molecular flexibility index (Phi) is 2.64. The number of hydrogen-bond donors (Lipinski definition) is 2. The quantitative estimate of drug-likeness (QED) is 0.731. The highest BCUT2D eigenvalue weighted by Gasteiger charge is 2.03. The molecule has 0 aliphatic carbocycles. The SMILES string of the molecule is O=c1[nH]c(CBr)c(CO)s1. The second-order valence-corrected chi connectivity index (χ2v) is 3.34. The number of thiazole rings is 1. The summed E-state index contributed by atoms with van der Waals surface area (Å²) >= 11 is 4.24. The molecule has 56 valence electrons. The summed E-state index contributed by atoms with van der Waals surface area (Å²) in [6, 6.07) is 0. The summed E-state index contributed by atoms with van der Waals surface area (Å²) in [6.07, 6.45) is 0. The largest absolute Gasteiger partial charge is 0.391 e. The fraction of sp³-hybridized carbons (Fsp3) is 0.400. The minimum Gasteiger partial charge on any atom is -0.391 e. The number of aromatic amines is 1. The van der Waals surface area contributed by atoms with Gasteiger partial charge in [0.1, 0.15) is 0 Å². The Bertz CT molecular complexity index is 242. The van der Waals surface area contributed by atoms with Crippen LogP contribution in [0.4, 0.5) is 0 Å². The maximum absolute atomic E-state index is 10.7. The van der Waals surface area contributed by atoms with Crippen molar-refractivity contribution in [3.8, 4) is 0 Å². The Labute approximate surface area is 69.8 Å². The molecule has 0 saturated heterocycles. The summed E-state index contributed by atoms with van der Waals surface area (Å²) in [5.74, 6) is 0. The van der Waals surface area contributed by atoms with Crippen LogP contribution in [0.15, 0.2) is 4.79 Å². The molecule has 5 heteroatoms. The van der Waals surface area contributed by atoms with Crippen LogP contribution in [-0.2, 0) is 11.9 Å². The number of hydrogen-bond acceptors (Lipinski definition) is 3. The average Bonchev–Trinajstić information content (AvgIpc) is 2.30. The van der Waals surface area contributed by atoms with Crippen molar-refractivity contribution in [3.05, 3.63) is 20.2 Å². The third-order valence-corrected chi connectivity index (χ3v) is 2.55. The number of halogens is 1. The van der Waals surface area contributed by atoms with E-state index in [0.717, 1.165) is 17.0 Å². The lowest BCUT2D eigenvalue weighted by molar-refractivity contribution is 0.284. The minimum atomic E-state index is -0.112. The maximum Gasteiger partial charge on any atom is 0.305 e. The molecule has 0 bridgehead atoms. The zero-order chi connectivity index (χ0) is 7.56. The number of aliphatic hydroxyl groups is 1. The lowest BCUT2D eigenvalue weighted by atomic mass is 10.4. The lowest BCUT2D eigenvalue weighted by Crippen LogP contribution is -1.93. The lowest BCUT2D eigenvalue weighted by Gasteiger charge is -1.90. The first-order valence-electron chi connectivity index (χ1n) is 2.65. The molecule has 2 N–H and O–H groups in total. The van der Waals surface area contributed by atoms with Crippen LogP contribution in [0, 0.1) is 0 Å². The Hall–Kier alpha value is -0.130. The van der Waals surface area contributed by atoms with Crippen molar-refractivity contribution in [2.45, 2.75) is 11.9 Å². The first kappa shape index (κ1) is 7.97.